The summed E-state index contributed by atoms with van der Waals surface area (Å²) >= 11 is 24.4. The molecule has 2 amide bonds. The minimum Gasteiger partial charge on any atom is -0.495 e. The van der Waals surface area contributed by atoms with Crippen molar-refractivity contribution in [3.05, 3.63) is 23.2 Å². The number of urea groups is 1. The van der Waals surface area contributed by atoms with Gasteiger partial charge in [0.2, 0.25) is 0 Å². The summed E-state index contributed by atoms with van der Waals surface area (Å²) in [5.74, 6) is 0.886. The number of ether oxygens (including phenoxy) is 1. The first-order valence-corrected chi connectivity index (χ1v) is 9.39. The quantitative estimate of drug-likeness (QED) is 0.496. The molecule has 134 valence electrons. The van der Waals surface area contributed by atoms with E-state index in [1.807, 2.05) is 0 Å². The van der Waals surface area contributed by atoms with Crippen LogP contribution in [0.5, 0.6) is 5.75 Å². The molecule has 1 unspecified atom stereocenters. The average Bonchev–Trinajstić information content (AvgIpc) is 2.72. The van der Waals surface area contributed by atoms with Crippen LogP contribution in [0.15, 0.2) is 18.2 Å². The fourth-order valence-corrected chi connectivity index (χ4v) is 3.77. The maximum Gasteiger partial charge on any atom is 0.350 e. The molecule has 2 rings (SSSR count). The van der Waals surface area contributed by atoms with Gasteiger partial charge >= 0.3 is 6.03 Å². The molecule has 1 aromatic rings. The predicted molar refractivity (Wildman–Crippen MR) is 102 cm³/mol. The van der Waals surface area contributed by atoms with Crippen LogP contribution in [0, 0.1) is 5.92 Å². The number of anilines is 1. The first-order valence-electron chi connectivity index (χ1n) is 7.11. The number of carbonyl (C=O) groups is 1. The number of benzene rings is 1. The molecule has 5 nitrogen and oxygen atoms in total. The molecule has 1 N–H and O–H groups in total. The van der Waals surface area contributed by atoms with E-state index in [9.17, 15) is 4.79 Å². The molecule has 1 atom stereocenters. The van der Waals surface area contributed by atoms with E-state index in [0.717, 1.165) is 11.9 Å². The highest BCUT2D eigenvalue weighted by Gasteiger charge is 2.42. The van der Waals surface area contributed by atoms with Gasteiger partial charge in [-0.05, 0) is 30.5 Å². The van der Waals surface area contributed by atoms with Crippen LogP contribution in [0.3, 0.4) is 0 Å². The lowest BCUT2D eigenvalue weighted by molar-refractivity contribution is 0.236. The smallest absolute Gasteiger partial charge is 0.350 e. The van der Waals surface area contributed by atoms with Crippen molar-refractivity contribution < 1.29 is 9.53 Å². The second-order valence-corrected chi connectivity index (χ2v) is 10.1. The Balaban J connectivity index is 2.32. The highest BCUT2D eigenvalue weighted by Crippen LogP contribution is 2.43. The van der Waals surface area contributed by atoms with Gasteiger partial charge in [0.15, 0.2) is 0 Å². The van der Waals surface area contributed by atoms with Gasteiger partial charge in [-0.15, -0.1) is 0 Å². The zero-order valence-corrected chi connectivity index (χ0v) is 17.1. The van der Waals surface area contributed by atoms with Gasteiger partial charge in [0, 0.05) is 17.6 Å². The molecule has 0 spiro atoms. The molecule has 10 heteroatoms. The Morgan fingerprint density at radius 3 is 2.54 bits per heavy atom. The van der Waals surface area contributed by atoms with Crippen LogP contribution in [0.4, 0.5) is 10.5 Å². The van der Waals surface area contributed by atoms with E-state index in [1.165, 1.54) is 11.5 Å². The van der Waals surface area contributed by atoms with Gasteiger partial charge in [-0.2, -0.15) is 9.84 Å². The minimum absolute atomic E-state index is 0.276. The zero-order chi connectivity index (χ0) is 18.1. The second-order valence-electron chi connectivity index (χ2n) is 5.58. The number of nitrogens with zero attached hydrogens (tertiary/aromatic N) is 2. The number of rotatable bonds is 5. The first-order chi connectivity index (χ1) is 11.1. The van der Waals surface area contributed by atoms with Crippen molar-refractivity contribution in [3.8, 4) is 5.75 Å². The molecule has 1 fully saturated rings. The fraction of sp³-hybridized carbons (Fsp3) is 0.500. The summed E-state index contributed by atoms with van der Waals surface area (Å²) in [6.07, 6.45) is 0.438. The van der Waals surface area contributed by atoms with Crippen molar-refractivity contribution in [3.63, 3.8) is 0 Å². The molecule has 1 aliphatic heterocycles. The van der Waals surface area contributed by atoms with Gasteiger partial charge in [-0.3, -0.25) is 4.90 Å². The van der Waals surface area contributed by atoms with Crippen molar-refractivity contribution >= 4 is 70.1 Å². The number of hydrazine groups is 1. The predicted octanol–water partition coefficient (Wildman–Crippen LogP) is 5.44. The lowest BCUT2D eigenvalue weighted by Crippen LogP contribution is -2.38. The number of halogens is 4. The highest BCUT2D eigenvalue weighted by atomic mass is 35.6. The molecule has 0 saturated carbocycles. The molecule has 24 heavy (non-hydrogen) atoms. The monoisotopic (exact) mass is 431 g/mol. The van der Waals surface area contributed by atoms with Crippen molar-refractivity contribution in [2.24, 2.45) is 5.92 Å². The van der Waals surface area contributed by atoms with E-state index in [4.69, 9.17) is 51.1 Å². The molecule has 0 aliphatic carbocycles. The molecule has 1 heterocycles. The van der Waals surface area contributed by atoms with E-state index >= 15 is 0 Å². The van der Waals surface area contributed by atoms with Gasteiger partial charge in [0.1, 0.15) is 11.9 Å². The van der Waals surface area contributed by atoms with Crippen molar-refractivity contribution in [1.82, 2.24) is 9.84 Å². The summed E-state index contributed by atoms with van der Waals surface area (Å²) in [4.78, 5) is 14.4. The average molecular weight is 433 g/mol. The number of hydrogen-bond donors (Lipinski definition) is 1. The third-order valence-electron chi connectivity index (χ3n) is 3.26. The van der Waals surface area contributed by atoms with Gasteiger partial charge in [-0.1, -0.05) is 60.3 Å². The number of carbonyl (C=O) groups excluding carboxylic acids is 1. The molecule has 1 aromatic carbocycles. The highest BCUT2D eigenvalue weighted by molar-refractivity contribution is 8.03. The van der Waals surface area contributed by atoms with Gasteiger partial charge < -0.3 is 4.74 Å². The standard InChI is InChI=1S/C14H17Cl4N3O2S/c1-8(2)6-12-19-21(24-14(16,17)18)13(22)20(12)9-4-5-11(23-3)10(15)7-9/h4-5,7-8,12,19H,6H2,1-3H3. The Labute approximate surface area is 165 Å². The van der Waals surface area contributed by atoms with Crippen LogP contribution in [-0.4, -0.2) is 26.8 Å². The third kappa shape index (κ3) is 4.90. The molecule has 0 radical (unpaired) electrons. The number of hydrogen-bond acceptors (Lipinski definition) is 4. The Hall–Kier alpha value is -0.240. The minimum atomic E-state index is -1.65. The molecule has 1 saturated heterocycles. The van der Waals surface area contributed by atoms with E-state index in [2.05, 4.69) is 19.3 Å². The van der Waals surface area contributed by atoms with Crippen molar-refractivity contribution in [1.29, 1.82) is 0 Å². The van der Waals surface area contributed by atoms with Gasteiger partial charge in [-0.25, -0.2) is 4.79 Å². The van der Waals surface area contributed by atoms with Crippen LogP contribution in [0.1, 0.15) is 20.3 Å². The van der Waals surface area contributed by atoms with Crippen molar-refractivity contribution in [2.45, 2.75) is 29.6 Å². The van der Waals surface area contributed by atoms with E-state index in [0.29, 0.717) is 28.8 Å². The second kappa shape index (κ2) is 7.98. The summed E-state index contributed by atoms with van der Waals surface area (Å²) < 4.78 is 4.73. The van der Waals surface area contributed by atoms with Gasteiger partial charge in [0.25, 0.3) is 3.12 Å². The first kappa shape index (κ1) is 20.1. The number of methoxy groups -OCH3 is 1. The molecular weight excluding hydrogens is 416 g/mol. The van der Waals surface area contributed by atoms with E-state index in [1.54, 1.807) is 23.1 Å². The molecule has 0 bridgehead atoms. The number of amides is 2. The van der Waals surface area contributed by atoms with E-state index < -0.39 is 3.12 Å². The lowest BCUT2D eigenvalue weighted by Gasteiger charge is -2.24. The Bertz CT molecular complexity index is 612. The summed E-state index contributed by atoms with van der Waals surface area (Å²) in [5, 5.41) is 0.415. The topological polar surface area (TPSA) is 44.8 Å². The normalized spacial score (nSPS) is 18.7. The maximum absolute atomic E-state index is 12.8. The lowest BCUT2D eigenvalue weighted by atomic mass is 10.1. The van der Waals surface area contributed by atoms with Crippen LogP contribution in [-0.2, 0) is 0 Å². The van der Waals surface area contributed by atoms with Crippen molar-refractivity contribution in [2.75, 3.05) is 12.0 Å². The molecular formula is C14H17Cl4N3O2S. The summed E-state index contributed by atoms with van der Waals surface area (Å²) in [7, 11) is 1.53. The number of alkyl halides is 3. The van der Waals surface area contributed by atoms with E-state index in [-0.39, 0.29) is 12.2 Å². The Kier molecular flexibility index (Phi) is 6.67. The summed E-state index contributed by atoms with van der Waals surface area (Å²) in [5.41, 5.74) is 3.71. The fourth-order valence-electron chi connectivity index (χ4n) is 2.35. The third-order valence-corrected chi connectivity index (χ3v) is 4.83. The van der Waals surface area contributed by atoms with Crippen LogP contribution >= 0.6 is 58.4 Å². The van der Waals surface area contributed by atoms with Crippen LogP contribution < -0.4 is 15.1 Å². The summed E-state index contributed by atoms with van der Waals surface area (Å²) in [6, 6.07) is 4.82. The van der Waals surface area contributed by atoms with Gasteiger partial charge in [0.05, 0.1) is 12.1 Å². The number of nitrogens with one attached hydrogen (secondary N) is 1. The maximum atomic E-state index is 12.8. The SMILES string of the molecule is COc1ccc(N2C(=O)N(SC(Cl)(Cl)Cl)NC2CC(C)C)cc1Cl. The molecule has 1 aliphatic rings. The Morgan fingerprint density at radius 2 is 2.04 bits per heavy atom. The molecule has 0 aromatic heterocycles. The largest absolute Gasteiger partial charge is 0.495 e. The van der Waals surface area contributed by atoms with Crippen LogP contribution in [0.2, 0.25) is 5.02 Å². The Morgan fingerprint density at radius 1 is 1.38 bits per heavy atom. The van der Waals surface area contributed by atoms with Crippen LogP contribution in [0.25, 0.3) is 0 Å². The summed E-state index contributed by atoms with van der Waals surface area (Å²) in [6.45, 7) is 4.13. The zero-order valence-electron chi connectivity index (χ0n) is 13.2.